The number of hydrogen-bond acceptors (Lipinski definition) is 5. The van der Waals surface area contributed by atoms with Crippen LogP contribution in [0.25, 0.3) is 0 Å². The zero-order valence-electron chi connectivity index (χ0n) is 13.9. The van der Waals surface area contributed by atoms with Crippen molar-refractivity contribution in [3.63, 3.8) is 0 Å². The van der Waals surface area contributed by atoms with Crippen LogP contribution in [0.1, 0.15) is 54.3 Å². The Bertz CT molecular complexity index is 607. The lowest BCUT2D eigenvalue weighted by Crippen LogP contribution is -2.40. The molecule has 0 aliphatic heterocycles. The third-order valence-electron chi connectivity index (χ3n) is 3.53. The molecular formula is C16H22N2O6. The number of nitrogens with zero attached hydrogens (tertiary/aromatic N) is 1. The van der Waals surface area contributed by atoms with Crippen LogP contribution in [0.4, 0.5) is 5.69 Å². The molecule has 0 fully saturated rings. The molecule has 0 aromatic heterocycles. The van der Waals surface area contributed by atoms with Crippen LogP contribution in [0.2, 0.25) is 0 Å². The molecule has 0 radical (unpaired) electrons. The molecule has 3 N–H and O–H groups in total. The SMILES string of the molecule is CC(C)CCC(C)(O)CNC(=O)c1cc(C(=O)O)cc([N+](=O)[O-])c1. The summed E-state index contributed by atoms with van der Waals surface area (Å²) in [6, 6.07) is 2.95. The topological polar surface area (TPSA) is 130 Å². The van der Waals surface area contributed by atoms with Crippen LogP contribution in [0, 0.1) is 16.0 Å². The molecule has 0 aliphatic rings. The number of nitro benzene ring substituents is 1. The van der Waals surface area contributed by atoms with Gasteiger partial charge in [0.25, 0.3) is 11.6 Å². The molecule has 8 heteroatoms. The zero-order chi connectivity index (χ0) is 18.5. The number of nitro groups is 1. The first kappa shape index (κ1) is 19.6. The average molecular weight is 338 g/mol. The monoisotopic (exact) mass is 338 g/mol. The van der Waals surface area contributed by atoms with E-state index < -0.39 is 28.1 Å². The standard InChI is InChI=1S/C16H22N2O6/c1-10(2)4-5-16(3,22)9-17-14(19)11-6-12(15(20)21)8-13(7-11)18(23)24/h6-8,10,22H,4-5,9H2,1-3H3,(H,17,19)(H,20,21). The van der Waals surface area contributed by atoms with E-state index in [-0.39, 0.29) is 17.7 Å². The number of carboxylic acid groups (broad SMARTS) is 1. The highest BCUT2D eigenvalue weighted by Gasteiger charge is 2.23. The van der Waals surface area contributed by atoms with Crippen LogP contribution in [-0.4, -0.2) is 39.2 Å². The molecule has 1 amide bonds. The summed E-state index contributed by atoms with van der Waals surface area (Å²) in [6.45, 7) is 5.59. The van der Waals surface area contributed by atoms with Crippen LogP contribution in [0.3, 0.4) is 0 Å². The van der Waals surface area contributed by atoms with Crippen molar-refractivity contribution in [1.82, 2.24) is 5.32 Å². The Morgan fingerprint density at radius 3 is 2.38 bits per heavy atom. The van der Waals surface area contributed by atoms with Crippen molar-refractivity contribution in [2.24, 2.45) is 5.92 Å². The summed E-state index contributed by atoms with van der Waals surface area (Å²) in [5.41, 5.74) is -2.08. The Kier molecular flexibility index (Phi) is 6.42. The Labute approximate surface area is 139 Å². The van der Waals surface area contributed by atoms with E-state index in [0.717, 1.165) is 24.6 Å². The molecule has 132 valence electrons. The fourth-order valence-electron chi connectivity index (χ4n) is 2.03. The van der Waals surface area contributed by atoms with Gasteiger partial charge in [0.05, 0.1) is 16.1 Å². The van der Waals surface area contributed by atoms with Crippen molar-refractivity contribution in [2.45, 2.75) is 39.2 Å². The lowest BCUT2D eigenvalue weighted by molar-refractivity contribution is -0.384. The molecule has 1 unspecified atom stereocenters. The molecule has 24 heavy (non-hydrogen) atoms. The average Bonchev–Trinajstić information content (AvgIpc) is 2.50. The molecule has 0 aliphatic carbocycles. The second-order valence-electron chi connectivity index (χ2n) is 6.44. The number of carbonyl (C=O) groups is 2. The lowest BCUT2D eigenvalue weighted by atomic mass is 9.95. The Morgan fingerprint density at radius 1 is 1.29 bits per heavy atom. The zero-order valence-corrected chi connectivity index (χ0v) is 13.9. The van der Waals surface area contributed by atoms with Crippen molar-refractivity contribution < 1.29 is 24.7 Å². The number of carboxylic acids is 1. The number of non-ortho nitro benzene ring substituents is 1. The minimum atomic E-state index is -1.36. The number of aromatic carboxylic acids is 1. The molecule has 0 spiro atoms. The van der Waals surface area contributed by atoms with Gasteiger partial charge < -0.3 is 15.5 Å². The van der Waals surface area contributed by atoms with Crippen LogP contribution < -0.4 is 5.32 Å². The van der Waals surface area contributed by atoms with Crippen LogP contribution in [0.5, 0.6) is 0 Å². The maximum Gasteiger partial charge on any atom is 0.335 e. The van der Waals surface area contributed by atoms with Gasteiger partial charge in [-0.2, -0.15) is 0 Å². The maximum absolute atomic E-state index is 12.1. The normalized spacial score (nSPS) is 13.4. The first-order valence-electron chi connectivity index (χ1n) is 7.55. The summed E-state index contributed by atoms with van der Waals surface area (Å²) in [4.78, 5) is 33.3. The largest absolute Gasteiger partial charge is 0.478 e. The second-order valence-corrected chi connectivity index (χ2v) is 6.44. The van der Waals surface area contributed by atoms with Gasteiger partial charge in [0.1, 0.15) is 0 Å². The molecule has 1 aromatic carbocycles. The third kappa shape index (κ3) is 5.96. The fraction of sp³-hybridized carbons (Fsp3) is 0.500. The summed E-state index contributed by atoms with van der Waals surface area (Å²) in [7, 11) is 0. The van der Waals surface area contributed by atoms with Gasteiger partial charge >= 0.3 is 5.97 Å². The van der Waals surface area contributed by atoms with Gasteiger partial charge in [-0.25, -0.2) is 4.79 Å². The summed E-state index contributed by atoms with van der Waals surface area (Å²) in [5, 5.41) is 32.6. The van der Waals surface area contributed by atoms with Gasteiger partial charge in [-0.1, -0.05) is 13.8 Å². The minimum Gasteiger partial charge on any atom is -0.478 e. The number of amides is 1. The minimum absolute atomic E-state index is 0.0380. The van der Waals surface area contributed by atoms with E-state index in [1.165, 1.54) is 0 Å². The lowest BCUT2D eigenvalue weighted by Gasteiger charge is -2.24. The highest BCUT2D eigenvalue weighted by molar-refractivity contribution is 5.98. The maximum atomic E-state index is 12.1. The number of rotatable bonds is 8. The van der Waals surface area contributed by atoms with E-state index in [0.29, 0.717) is 12.3 Å². The van der Waals surface area contributed by atoms with E-state index in [2.05, 4.69) is 5.32 Å². The van der Waals surface area contributed by atoms with Crippen molar-refractivity contribution >= 4 is 17.6 Å². The summed E-state index contributed by atoms with van der Waals surface area (Å²) in [5.74, 6) is -1.63. The molecule has 1 aromatic rings. The Balaban J connectivity index is 2.87. The van der Waals surface area contributed by atoms with Crippen molar-refractivity contribution in [3.8, 4) is 0 Å². The second kappa shape index (κ2) is 7.87. The van der Waals surface area contributed by atoms with E-state index in [4.69, 9.17) is 5.11 Å². The van der Waals surface area contributed by atoms with E-state index in [1.54, 1.807) is 6.92 Å². The first-order chi connectivity index (χ1) is 11.0. The van der Waals surface area contributed by atoms with E-state index >= 15 is 0 Å². The van der Waals surface area contributed by atoms with Gasteiger partial charge in [0, 0.05) is 24.2 Å². The predicted octanol–water partition coefficient (Wildman–Crippen LogP) is 2.21. The van der Waals surface area contributed by atoms with Gasteiger partial charge in [0.15, 0.2) is 0 Å². The molecule has 0 saturated carbocycles. The first-order valence-corrected chi connectivity index (χ1v) is 7.55. The van der Waals surface area contributed by atoms with Gasteiger partial charge in [-0.3, -0.25) is 14.9 Å². The quantitative estimate of drug-likeness (QED) is 0.492. The van der Waals surface area contributed by atoms with E-state index in [1.807, 2.05) is 13.8 Å². The number of aliphatic hydroxyl groups is 1. The van der Waals surface area contributed by atoms with Crippen molar-refractivity contribution in [1.29, 1.82) is 0 Å². The molecule has 1 rings (SSSR count). The molecular weight excluding hydrogens is 316 g/mol. The Hall–Kier alpha value is -2.48. The van der Waals surface area contributed by atoms with Gasteiger partial charge in [-0.15, -0.1) is 0 Å². The smallest absolute Gasteiger partial charge is 0.335 e. The predicted molar refractivity (Wildman–Crippen MR) is 87.1 cm³/mol. The van der Waals surface area contributed by atoms with Gasteiger partial charge in [0.2, 0.25) is 0 Å². The third-order valence-corrected chi connectivity index (χ3v) is 3.53. The van der Waals surface area contributed by atoms with Crippen LogP contribution in [0.15, 0.2) is 18.2 Å². The van der Waals surface area contributed by atoms with E-state index in [9.17, 15) is 24.8 Å². The molecule has 0 heterocycles. The molecule has 0 bridgehead atoms. The molecule has 8 nitrogen and oxygen atoms in total. The van der Waals surface area contributed by atoms with Crippen LogP contribution in [-0.2, 0) is 0 Å². The number of carbonyl (C=O) groups excluding carboxylic acids is 1. The van der Waals surface area contributed by atoms with Crippen molar-refractivity contribution in [2.75, 3.05) is 6.54 Å². The fourth-order valence-corrected chi connectivity index (χ4v) is 2.03. The number of hydrogen-bond donors (Lipinski definition) is 3. The molecule has 0 saturated heterocycles. The number of nitrogens with one attached hydrogen (secondary N) is 1. The Morgan fingerprint density at radius 2 is 1.88 bits per heavy atom. The number of benzene rings is 1. The van der Waals surface area contributed by atoms with Crippen LogP contribution >= 0.6 is 0 Å². The summed E-state index contributed by atoms with van der Waals surface area (Å²) < 4.78 is 0. The highest BCUT2D eigenvalue weighted by atomic mass is 16.6. The molecule has 1 atom stereocenters. The summed E-state index contributed by atoms with van der Waals surface area (Å²) >= 11 is 0. The summed E-state index contributed by atoms with van der Waals surface area (Å²) in [6.07, 6.45) is 1.27. The highest BCUT2D eigenvalue weighted by Crippen LogP contribution is 2.19. The van der Waals surface area contributed by atoms with Gasteiger partial charge in [-0.05, 0) is 31.7 Å². The van der Waals surface area contributed by atoms with Crippen molar-refractivity contribution in [3.05, 3.63) is 39.4 Å².